The van der Waals surface area contributed by atoms with Crippen LogP contribution in [0.1, 0.15) is 18.9 Å². The van der Waals surface area contributed by atoms with Crippen molar-refractivity contribution in [2.45, 2.75) is 30.7 Å². The zero-order valence-corrected chi connectivity index (χ0v) is 18.9. The second kappa shape index (κ2) is 10.7. The predicted octanol–water partition coefficient (Wildman–Crippen LogP) is 3.93. The van der Waals surface area contributed by atoms with Crippen LogP contribution in [0.2, 0.25) is 0 Å². The summed E-state index contributed by atoms with van der Waals surface area (Å²) in [4.78, 5) is 23.2. The number of nitrogens with one attached hydrogen (secondary N) is 1. The Kier molecular flexibility index (Phi) is 7.78. The zero-order chi connectivity index (χ0) is 23.8. The first-order valence-electron chi connectivity index (χ1n) is 10.4. The molecule has 0 saturated carbocycles. The molecular weight excluding hydrogens is 442 g/mol. The average molecular weight is 468 g/mol. The molecule has 0 radical (unpaired) electrons. The summed E-state index contributed by atoms with van der Waals surface area (Å²) in [6.45, 7) is 1.41. The van der Waals surface area contributed by atoms with Gasteiger partial charge in [-0.3, -0.25) is 19.2 Å². The first-order chi connectivity index (χ1) is 15.8. The van der Waals surface area contributed by atoms with E-state index in [2.05, 4.69) is 5.32 Å². The van der Waals surface area contributed by atoms with Gasteiger partial charge in [-0.05, 0) is 49.6 Å². The topological polar surface area (TPSA) is 110 Å². The summed E-state index contributed by atoms with van der Waals surface area (Å²) in [7, 11) is -4.07. The normalized spacial score (nSPS) is 12.0. The molecule has 1 unspecified atom stereocenters. The van der Waals surface area contributed by atoms with Gasteiger partial charge in [0.25, 0.3) is 15.7 Å². The third-order valence-electron chi connectivity index (χ3n) is 5.08. The number of rotatable bonds is 10. The van der Waals surface area contributed by atoms with Gasteiger partial charge < -0.3 is 5.32 Å². The molecule has 3 aromatic carbocycles. The molecule has 1 atom stereocenters. The molecule has 8 nitrogen and oxygen atoms in total. The number of carbonyl (C=O) groups excluding carboxylic acids is 1. The van der Waals surface area contributed by atoms with Crippen molar-refractivity contribution in [2.75, 3.05) is 10.8 Å². The molecule has 0 spiro atoms. The molecule has 1 N–H and O–H groups in total. The average Bonchev–Trinajstić information content (AvgIpc) is 2.82. The molecule has 9 heteroatoms. The number of nitrogens with zero attached hydrogens (tertiary/aromatic N) is 2. The molecule has 1 amide bonds. The Morgan fingerprint density at radius 2 is 1.55 bits per heavy atom. The Balaban J connectivity index is 1.77. The van der Waals surface area contributed by atoms with Crippen LogP contribution in [0.4, 0.5) is 11.4 Å². The molecule has 0 aliphatic rings. The van der Waals surface area contributed by atoms with Crippen LogP contribution in [0.5, 0.6) is 0 Å². The molecule has 33 heavy (non-hydrogen) atoms. The minimum Gasteiger partial charge on any atom is -0.352 e. The summed E-state index contributed by atoms with van der Waals surface area (Å²) in [5.41, 5.74) is 1.14. The Labute approximate surface area is 193 Å². The van der Waals surface area contributed by atoms with Crippen molar-refractivity contribution in [2.24, 2.45) is 0 Å². The highest BCUT2D eigenvalue weighted by Crippen LogP contribution is 2.25. The lowest BCUT2D eigenvalue weighted by atomic mass is 10.1. The quantitative estimate of drug-likeness (QED) is 0.359. The SMILES string of the molecule is CC(CCc1ccccc1)NC(=O)CN(c1ccc([N+](=O)[O-])cc1)S(=O)(=O)c1ccccc1. The van der Waals surface area contributed by atoms with Gasteiger partial charge in [-0.1, -0.05) is 48.5 Å². The second-order valence-corrected chi connectivity index (χ2v) is 9.45. The molecule has 0 aliphatic carbocycles. The van der Waals surface area contributed by atoms with Crippen LogP contribution >= 0.6 is 0 Å². The number of non-ortho nitro benzene ring substituents is 1. The fraction of sp³-hybridized carbons (Fsp3) is 0.208. The smallest absolute Gasteiger partial charge is 0.269 e. The molecule has 172 valence electrons. The van der Waals surface area contributed by atoms with Crippen molar-refractivity contribution in [3.8, 4) is 0 Å². The summed E-state index contributed by atoms with van der Waals surface area (Å²) in [6, 6.07) is 22.5. The number of aryl methyl sites for hydroxylation is 1. The Bertz CT molecular complexity index is 1180. The number of amides is 1. The lowest BCUT2D eigenvalue weighted by Crippen LogP contribution is -2.43. The van der Waals surface area contributed by atoms with Crippen molar-refractivity contribution in [3.05, 3.63) is 101 Å². The van der Waals surface area contributed by atoms with Gasteiger partial charge in [0.1, 0.15) is 6.54 Å². The molecule has 3 aromatic rings. The maximum absolute atomic E-state index is 13.3. The Morgan fingerprint density at radius 3 is 2.12 bits per heavy atom. The minimum absolute atomic E-state index is 0.0216. The number of carbonyl (C=O) groups is 1. The molecule has 0 saturated heterocycles. The monoisotopic (exact) mass is 467 g/mol. The summed E-state index contributed by atoms with van der Waals surface area (Å²) in [5, 5.41) is 13.8. The number of anilines is 1. The van der Waals surface area contributed by atoms with Crippen molar-refractivity contribution in [1.82, 2.24) is 5.32 Å². The van der Waals surface area contributed by atoms with Crippen LogP contribution in [0.3, 0.4) is 0 Å². The number of sulfonamides is 1. The van der Waals surface area contributed by atoms with E-state index in [0.717, 1.165) is 16.3 Å². The van der Waals surface area contributed by atoms with Crippen LogP contribution in [0.25, 0.3) is 0 Å². The minimum atomic E-state index is -4.07. The van der Waals surface area contributed by atoms with Gasteiger partial charge in [-0.25, -0.2) is 8.42 Å². The number of hydrogen-bond donors (Lipinski definition) is 1. The van der Waals surface area contributed by atoms with Gasteiger partial charge in [0, 0.05) is 18.2 Å². The lowest BCUT2D eigenvalue weighted by Gasteiger charge is -2.25. The first-order valence-corrected chi connectivity index (χ1v) is 11.9. The van der Waals surface area contributed by atoms with Crippen molar-refractivity contribution >= 4 is 27.3 Å². The largest absolute Gasteiger partial charge is 0.352 e. The summed E-state index contributed by atoms with van der Waals surface area (Å²) < 4.78 is 27.6. The number of benzene rings is 3. The first kappa shape index (κ1) is 23.9. The maximum Gasteiger partial charge on any atom is 0.269 e. The molecule has 0 heterocycles. The van der Waals surface area contributed by atoms with Crippen LogP contribution in [0, 0.1) is 10.1 Å². The predicted molar refractivity (Wildman–Crippen MR) is 126 cm³/mol. The molecule has 0 fully saturated rings. The van der Waals surface area contributed by atoms with Crippen LogP contribution in [0.15, 0.2) is 89.8 Å². The highest BCUT2D eigenvalue weighted by atomic mass is 32.2. The van der Waals surface area contributed by atoms with E-state index in [1.807, 2.05) is 37.3 Å². The number of hydrogen-bond acceptors (Lipinski definition) is 5. The maximum atomic E-state index is 13.3. The van der Waals surface area contributed by atoms with Crippen LogP contribution in [-0.4, -0.2) is 31.8 Å². The second-order valence-electron chi connectivity index (χ2n) is 7.59. The van der Waals surface area contributed by atoms with E-state index in [0.29, 0.717) is 6.42 Å². The van der Waals surface area contributed by atoms with Gasteiger partial charge in [0.05, 0.1) is 15.5 Å². The molecule has 0 bridgehead atoms. The van der Waals surface area contributed by atoms with Crippen LogP contribution in [-0.2, 0) is 21.2 Å². The third-order valence-corrected chi connectivity index (χ3v) is 6.87. The van der Waals surface area contributed by atoms with E-state index in [4.69, 9.17) is 0 Å². The van der Waals surface area contributed by atoms with E-state index in [1.165, 1.54) is 36.4 Å². The molecule has 0 aliphatic heterocycles. The van der Waals surface area contributed by atoms with Crippen LogP contribution < -0.4 is 9.62 Å². The standard InChI is InChI=1S/C24H25N3O5S/c1-19(12-13-20-8-4-2-5-9-20)25-24(28)18-26(21-14-16-22(17-15-21)27(29)30)33(31,32)23-10-6-3-7-11-23/h2-11,14-17,19H,12-13,18H2,1H3,(H,25,28). The highest BCUT2D eigenvalue weighted by molar-refractivity contribution is 7.92. The van der Waals surface area contributed by atoms with E-state index < -0.39 is 27.4 Å². The van der Waals surface area contributed by atoms with E-state index in [1.54, 1.807) is 18.2 Å². The lowest BCUT2D eigenvalue weighted by molar-refractivity contribution is -0.384. The third kappa shape index (κ3) is 6.39. The van der Waals surface area contributed by atoms with E-state index in [9.17, 15) is 23.3 Å². The van der Waals surface area contributed by atoms with Crippen molar-refractivity contribution < 1.29 is 18.1 Å². The van der Waals surface area contributed by atoms with Gasteiger partial charge in [0.2, 0.25) is 5.91 Å². The van der Waals surface area contributed by atoms with E-state index in [-0.39, 0.29) is 22.3 Å². The van der Waals surface area contributed by atoms with E-state index >= 15 is 0 Å². The summed E-state index contributed by atoms with van der Waals surface area (Å²) in [5.74, 6) is -0.464. The molecule has 0 aromatic heterocycles. The molecule has 3 rings (SSSR count). The van der Waals surface area contributed by atoms with Gasteiger partial charge >= 0.3 is 0 Å². The van der Waals surface area contributed by atoms with Gasteiger partial charge in [-0.15, -0.1) is 0 Å². The highest BCUT2D eigenvalue weighted by Gasteiger charge is 2.28. The Morgan fingerprint density at radius 1 is 0.970 bits per heavy atom. The van der Waals surface area contributed by atoms with Gasteiger partial charge in [0.15, 0.2) is 0 Å². The van der Waals surface area contributed by atoms with Crippen molar-refractivity contribution in [3.63, 3.8) is 0 Å². The fourth-order valence-electron chi connectivity index (χ4n) is 3.33. The number of nitro benzene ring substituents is 1. The molecular formula is C24H25N3O5S. The number of nitro groups is 1. The zero-order valence-electron chi connectivity index (χ0n) is 18.1. The Hall–Kier alpha value is -3.72. The van der Waals surface area contributed by atoms with Crippen molar-refractivity contribution in [1.29, 1.82) is 0 Å². The van der Waals surface area contributed by atoms with Gasteiger partial charge in [-0.2, -0.15) is 0 Å². The summed E-state index contributed by atoms with van der Waals surface area (Å²) >= 11 is 0. The fourth-order valence-corrected chi connectivity index (χ4v) is 4.77. The summed E-state index contributed by atoms with van der Waals surface area (Å²) in [6.07, 6.45) is 1.47.